The maximum atomic E-state index is 12.7. The summed E-state index contributed by atoms with van der Waals surface area (Å²) in [5, 5.41) is 14.8. The molecule has 2 aromatic heterocycles. The van der Waals surface area contributed by atoms with Gasteiger partial charge in [-0.15, -0.1) is 29.9 Å². The van der Waals surface area contributed by atoms with Crippen molar-refractivity contribution in [3.05, 3.63) is 41.5 Å². The van der Waals surface area contributed by atoms with E-state index >= 15 is 0 Å². The molecule has 7 nitrogen and oxygen atoms in total. The van der Waals surface area contributed by atoms with Gasteiger partial charge in [-0.3, -0.25) is 9.78 Å². The van der Waals surface area contributed by atoms with Gasteiger partial charge in [0.15, 0.2) is 5.69 Å². The van der Waals surface area contributed by atoms with Crippen LogP contribution < -0.4 is 10.6 Å². The van der Waals surface area contributed by atoms with Gasteiger partial charge in [0.2, 0.25) is 0 Å². The Hall–Kier alpha value is -1.70. The van der Waals surface area contributed by atoms with Gasteiger partial charge in [-0.25, -0.2) is 4.68 Å². The number of halogens is 2. The molecule has 2 N–H and O–H groups in total. The van der Waals surface area contributed by atoms with E-state index in [1.807, 2.05) is 23.9 Å². The Kier molecular flexibility index (Phi) is 9.85. The third-order valence-corrected chi connectivity index (χ3v) is 5.20. The van der Waals surface area contributed by atoms with Gasteiger partial charge in [0.1, 0.15) is 0 Å². The van der Waals surface area contributed by atoms with Crippen molar-refractivity contribution in [2.75, 3.05) is 19.6 Å². The van der Waals surface area contributed by atoms with Crippen LogP contribution in [0, 0.1) is 12.8 Å². The summed E-state index contributed by atoms with van der Waals surface area (Å²) >= 11 is 0. The molecule has 1 atom stereocenters. The molecule has 1 aliphatic heterocycles. The summed E-state index contributed by atoms with van der Waals surface area (Å²) in [6, 6.07) is 4.31. The largest absolute Gasteiger partial charge is 0.350 e. The molecule has 28 heavy (non-hydrogen) atoms. The number of hydrogen-bond acceptors (Lipinski definition) is 5. The van der Waals surface area contributed by atoms with Crippen molar-refractivity contribution in [2.24, 2.45) is 5.92 Å². The van der Waals surface area contributed by atoms with Gasteiger partial charge in [-0.05, 0) is 50.4 Å². The van der Waals surface area contributed by atoms with E-state index in [2.05, 4.69) is 45.8 Å². The van der Waals surface area contributed by atoms with Crippen LogP contribution in [0.5, 0.6) is 0 Å². The number of pyridine rings is 1. The van der Waals surface area contributed by atoms with Crippen molar-refractivity contribution >= 4 is 30.7 Å². The lowest BCUT2D eigenvalue weighted by molar-refractivity contribution is 0.0943. The number of piperidine rings is 1. The summed E-state index contributed by atoms with van der Waals surface area (Å²) in [6.45, 7) is 8.75. The molecular formula is C19H30Cl2N6O. The zero-order valence-electron chi connectivity index (χ0n) is 16.6. The minimum Gasteiger partial charge on any atom is -0.350 e. The molecule has 0 radical (unpaired) electrons. The lowest BCUT2D eigenvalue weighted by Gasteiger charge is -2.23. The molecule has 0 aliphatic carbocycles. The number of nitrogens with one attached hydrogen (secondary N) is 2. The Balaban J connectivity index is 0.00000196. The third kappa shape index (κ3) is 5.65. The van der Waals surface area contributed by atoms with E-state index in [1.165, 1.54) is 0 Å². The van der Waals surface area contributed by atoms with Gasteiger partial charge >= 0.3 is 0 Å². The van der Waals surface area contributed by atoms with Gasteiger partial charge in [0, 0.05) is 24.9 Å². The molecule has 0 spiro atoms. The Morgan fingerprint density at radius 3 is 2.64 bits per heavy atom. The predicted molar refractivity (Wildman–Crippen MR) is 115 cm³/mol. The molecule has 156 valence electrons. The second-order valence-electron chi connectivity index (χ2n) is 7.30. The molecule has 1 unspecified atom stereocenters. The Labute approximate surface area is 178 Å². The van der Waals surface area contributed by atoms with Crippen LogP contribution in [0.25, 0.3) is 0 Å². The van der Waals surface area contributed by atoms with Gasteiger partial charge < -0.3 is 10.6 Å². The quantitative estimate of drug-likeness (QED) is 0.738. The Bertz CT molecular complexity index is 731. The van der Waals surface area contributed by atoms with Crippen LogP contribution in [0.3, 0.4) is 0 Å². The minimum atomic E-state index is -0.155. The molecule has 2 aromatic rings. The predicted octanol–water partition coefficient (Wildman–Crippen LogP) is 2.92. The van der Waals surface area contributed by atoms with E-state index in [4.69, 9.17) is 0 Å². The number of hydrogen-bond donors (Lipinski definition) is 2. The highest BCUT2D eigenvalue weighted by molar-refractivity contribution is 5.93. The third-order valence-electron chi connectivity index (χ3n) is 5.20. The van der Waals surface area contributed by atoms with Gasteiger partial charge in [0.25, 0.3) is 5.91 Å². The molecule has 3 heterocycles. The van der Waals surface area contributed by atoms with Crippen LogP contribution >= 0.6 is 24.8 Å². The summed E-state index contributed by atoms with van der Waals surface area (Å²) in [5.74, 6) is 0.454. The normalized spacial score (nSPS) is 15.4. The van der Waals surface area contributed by atoms with Crippen molar-refractivity contribution in [3.8, 4) is 0 Å². The van der Waals surface area contributed by atoms with Crippen molar-refractivity contribution in [1.82, 2.24) is 30.6 Å². The molecule has 1 aliphatic rings. The number of nitrogens with zero attached hydrogens (tertiary/aromatic N) is 4. The SMILES string of the molecule is Cc1c(C(=O)NCC(c2cccnc2)C(C)C)nnn1C1CCNCC1.Cl.Cl. The van der Waals surface area contributed by atoms with Gasteiger partial charge in [-0.1, -0.05) is 25.1 Å². The van der Waals surface area contributed by atoms with Crippen LogP contribution in [0.4, 0.5) is 0 Å². The van der Waals surface area contributed by atoms with Crippen molar-refractivity contribution < 1.29 is 4.79 Å². The van der Waals surface area contributed by atoms with E-state index in [-0.39, 0.29) is 36.6 Å². The maximum Gasteiger partial charge on any atom is 0.273 e. The van der Waals surface area contributed by atoms with Crippen LogP contribution in [-0.2, 0) is 0 Å². The topological polar surface area (TPSA) is 84.7 Å². The van der Waals surface area contributed by atoms with E-state index in [0.29, 0.717) is 24.2 Å². The highest BCUT2D eigenvalue weighted by atomic mass is 35.5. The summed E-state index contributed by atoms with van der Waals surface area (Å²) in [4.78, 5) is 16.9. The van der Waals surface area contributed by atoms with E-state index in [1.54, 1.807) is 6.20 Å². The number of amides is 1. The molecule has 1 amide bonds. The van der Waals surface area contributed by atoms with Gasteiger partial charge in [0.05, 0.1) is 11.7 Å². The first-order valence-corrected chi connectivity index (χ1v) is 9.38. The molecule has 0 bridgehead atoms. The van der Waals surface area contributed by atoms with Crippen LogP contribution in [-0.4, -0.2) is 45.5 Å². The first-order valence-electron chi connectivity index (χ1n) is 9.38. The molecule has 1 fully saturated rings. The molecule has 3 rings (SSSR count). The fraction of sp³-hybridized carbons (Fsp3) is 0.579. The zero-order valence-corrected chi connectivity index (χ0v) is 18.2. The molecular weight excluding hydrogens is 399 g/mol. The number of carbonyl (C=O) groups excluding carboxylic acids is 1. The first kappa shape index (κ1) is 24.3. The summed E-state index contributed by atoms with van der Waals surface area (Å²) in [7, 11) is 0. The molecule has 1 saturated heterocycles. The lowest BCUT2D eigenvalue weighted by Crippen LogP contribution is -2.32. The van der Waals surface area contributed by atoms with Crippen LogP contribution in [0.1, 0.15) is 60.4 Å². The fourth-order valence-corrected chi connectivity index (χ4v) is 3.57. The first-order chi connectivity index (χ1) is 12.6. The lowest BCUT2D eigenvalue weighted by atomic mass is 9.89. The fourth-order valence-electron chi connectivity index (χ4n) is 3.57. The van der Waals surface area contributed by atoms with Crippen molar-refractivity contribution in [1.29, 1.82) is 0 Å². The average molecular weight is 429 g/mol. The smallest absolute Gasteiger partial charge is 0.273 e. The molecule has 9 heteroatoms. The molecule has 0 saturated carbocycles. The van der Waals surface area contributed by atoms with Crippen LogP contribution in [0.15, 0.2) is 24.5 Å². The highest BCUT2D eigenvalue weighted by Gasteiger charge is 2.24. The van der Waals surface area contributed by atoms with Crippen molar-refractivity contribution in [2.45, 2.75) is 45.6 Å². The monoisotopic (exact) mass is 428 g/mol. The molecule has 0 aromatic carbocycles. The van der Waals surface area contributed by atoms with E-state index < -0.39 is 0 Å². The second-order valence-corrected chi connectivity index (χ2v) is 7.30. The summed E-state index contributed by atoms with van der Waals surface area (Å²) in [5.41, 5.74) is 2.41. The summed E-state index contributed by atoms with van der Waals surface area (Å²) < 4.78 is 1.91. The van der Waals surface area contributed by atoms with Gasteiger partial charge in [-0.2, -0.15) is 0 Å². The summed E-state index contributed by atoms with van der Waals surface area (Å²) in [6.07, 6.45) is 5.67. The minimum absolute atomic E-state index is 0. The Morgan fingerprint density at radius 1 is 1.32 bits per heavy atom. The standard InChI is InChI=1S/C19H28N6O.2ClH/c1-13(2)17(15-5-4-8-21-11-15)12-22-19(26)18-14(3)25(24-23-18)16-6-9-20-10-7-16;;/h4-5,8,11,13,16-17,20H,6-7,9-10,12H2,1-3H3,(H,22,26);2*1H. The second kappa shape index (κ2) is 11.3. The van der Waals surface area contributed by atoms with E-state index in [9.17, 15) is 4.79 Å². The highest BCUT2D eigenvalue weighted by Crippen LogP contribution is 2.23. The number of aromatic nitrogens is 4. The maximum absolute atomic E-state index is 12.7. The zero-order chi connectivity index (χ0) is 18.5. The number of carbonyl (C=O) groups is 1. The van der Waals surface area contributed by atoms with E-state index in [0.717, 1.165) is 37.2 Å². The average Bonchev–Trinajstić information content (AvgIpc) is 3.04. The Morgan fingerprint density at radius 2 is 2.04 bits per heavy atom. The van der Waals surface area contributed by atoms with Crippen molar-refractivity contribution in [3.63, 3.8) is 0 Å². The van der Waals surface area contributed by atoms with Crippen LogP contribution in [0.2, 0.25) is 0 Å². The number of rotatable bonds is 6.